The predicted octanol–water partition coefficient (Wildman–Crippen LogP) is 6.50. The van der Waals surface area contributed by atoms with Crippen LogP contribution in [-0.4, -0.2) is 6.18 Å². The van der Waals surface area contributed by atoms with E-state index in [0.29, 0.717) is 12.8 Å². The van der Waals surface area contributed by atoms with Crippen molar-refractivity contribution < 1.29 is 13.2 Å². The number of hydrogen-bond donors (Lipinski definition) is 0. The number of hydrogen-bond acceptors (Lipinski definition) is 0. The third-order valence-electron chi connectivity index (χ3n) is 4.90. The van der Waals surface area contributed by atoms with Gasteiger partial charge >= 0.3 is 6.18 Å². The smallest absolute Gasteiger partial charge is 0.170 e. The van der Waals surface area contributed by atoms with Gasteiger partial charge in [-0.15, -0.1) is 0 Å². The molecule has 0 N–H and O–H groups in total. The molecular formula is C16H29F3. The molecule has 0 saturated heterocycles. The van der Waals surface area contributed by atoms with Crippen LogP contribution in [0.1, 0.15) is 84.5 Å². The first-order valence-corrected chi connectivity index (χ1v) is 8.04. The molecular weight excluding hydrogens is 249 g/mol. The summed E-state index contributed by atoms with van der Waals surface area (Å²) in [6.07, 6.45) is 5.30. The summed E-state index contributed by atoms with van der Waals surface area (Å²) in [6, 6.07) is 0. The lowest BCUT2D eigenvalue weighted by molar-refractivity contribution is -0.273. The van der Waals surface area contributed by atoms with Gasteiger partial charge in [0.25, 0.3) is 0 Å². The van der Waals surface area contributed by atoms with Gasteiger partial charge in [0.05, 0.1) is 5.41 Å². The number of alkyl halides is 3. The summed E-state index contributed by atoms with van der Waals surface area (Å²) in [5.41, 5.74) is -1.32. The molecule has 0 aromatic heterocycles. The normalized spacial score (nSPS) is 18.6. The quantitative estimate of drug-likeness (QED) is 0.422. The van der Waals surface area contributed by atoms with Crippen molar-refractivity contribution in [2.45, 2.75) is 90.7 Å². The number of unbranched alkanes of at least 4 members (excludes halogenated alkanes) is 4. The largest absolute Gasteiger partial charge is 0.394 e. The van der Waals surface area contributed by atoms with Gasteiger partial charge in [0.15, 0.2) is 0 Å². The Morgan fingerprint density at radius 1 is 0.895 bits per heavy atom. The lowest BCUT2D eigenvalue weighted by Gasteiger charge is -2.49. The zero-order valence-electron chi connectivity index (χ0n) is 12.5. The van der Waals surface area contributed by atoms with Crippen LogP contribution in [0.5, 0.6) is 0 Å². The maximum Gasteiger partial charge on any atom is 0.394 e. The van der Waals surface area contributed by atoms with Gasteiger partial charge in [0.2, 0.25) is 0 Å². The van der Waals surface area contributed by atoms with Gasteiger partial charge in [-0.05, 0) is 31.6 Å². The molecule has 0 spiro atoms. The highest BCUT2D eigenvalue weighted by Gasteiger charge is 2.61. The van der Waals surface area contributed by atoms with Crippen LogP contribution in [0.4, 0.5) is 13.2 Å². The van der Waals surface area contributed by atoms with Gasteiger partial charge in [-0.2, -0.15) is 13.2 Å². The second-order valence-corrected chi connectivity index (χ2v) is 6.20. The molecule has 0 aromatic rings. The second kappa shape index (κ2) is 7.54. The van der Waals surface area contributed by atoms with E-state index in [9.17, 15) is 13.2 Å². The average Bonchev–Trinajstić information content (AvgIpc) is 2.25. The van der Waals surface area contributed by atoms with Crippen molar-refractivity contribution in [3.63, 3.8) is 0 Å². The summed E-state index contributed by atoms with van der Waals surface area (Å²) in [5, 5.41) is 0. The lowest BCUT2D eigenvalue weighted by Crippen LogP contribution is -2.49. The summed E-state index contributed by atoms with van der Waals surface area (Å²) in [5.74, 6) is -0.126. The first-order valence-electron chi connectivity index (χ1n) is 8.04. The summed E-state index contributed by atoms with van der Waals surface area (Å²) in [4.78, 5) is 0. The van der Waals surface area contributed by atoms with Crippen molar-refractivity contribution in [2.75, 3.05) is 0 Å². The van der Waals surface area contributed by atoms with Crippen molar-refractivity contribution in [3.05, 3.63) is 0 Å². The highest BCUT2D eigenvalue weighted by molar-refractivity contribution is 4.98. The Morgan fingerprint density at radius 3 is 1.63 bits per heavy atom. The van der Waals surface area contributed by atoms with Crippen molar-refractivity contribution >= 4 is 0 Å². The van der Waals surface area contributed by atoms with Gasteiger partial charge in [-0.1, -0.05) is 58.8 Å². The van der Waals surface area contributed by atoms with Crippen molar-refractivity contribution in [2.24, 2.45) is 11.3 Å². The Bertz CT molecular complexity index is 231. The second-order valence-electron chi connectivity index (χ2n) is 6.20. The van der Waals surface area contributed by atoms with Gasteiger partial charge < -0.3 is 0 Å². The standard InChI is InChI=1S/C16H29F3/c1-3-5-7-10-14(11-8-6-4-2)15(12-9-13-15)16(17,18)19/h14H,3-13H2,1-2H3. The van der Waals surface area contributed by atoms with Crippen LogP contribution in [0.15, 0.2) is 0 Å². The zero-order chi connectivity index (χ0) is 14.4. The molecule has 114 valence electrons. The molecule has 0 radical (unpaired) electrons. The van der Waals surface area contributed by atoms with Crippen LogP contribution in [0.3, 0.4) is 0 Å². The molecule has 0 heterocycles. The molecule has 1 aliphatic rings. The molecule has 1 fully saturated rings. The molecule has 1 saturated carbocycles. The van der Waals surface area contributed by atoms with E-state index in [1.807, 2.05) is 0 Å². The lowest BCUT2D eigenvalue weighted by atomic mass is 9.58. The fraction of sp³-hybridized carbons (Fsp3) is 1.00. The van der Waals surface area contributed by atoms with Gasteiger partial charge in [-0.25, -0.2) is 0 Å². The van der Waals surface area contributed by atoms with Gasteiger partial charge in [-0.3, -0.25) is 0 Å². The fourth-order valence-corrected chi connectivity index (χ4v) is 3.46. The van der Waals surface area contributed by atoms with E-state index in [-0.39, 0.29) is 5.92 Å². The molecule has 1 aliphatic carbocycles. The van der Waals surface area contributed by atoms with Crippen molar-refractivity contribution in [1.82, 2.24) is 0 Å². The molecule has 0 bridgehead atoms. The fourth-order valence-electron chi connectivity index (χ4n) is 3.46. The highest BCUT2D eigenvalue weighted by atomic mass is 19.4. The van der Waals surface area contributed by atoms with Crippen LogP contribution >= 0.6 is 0 Å². The van der Waals surface area contributed by atoms with Crippen LogP contribution in [0, 0.1) is 11.3 Å². The minimum Gasteiger partial charge on any atom is -0.170 e. The topological polar surface area (TPSA) is 0 Å². The number of halogens is 3. The first-order chi connectivity index (χ1) is 8.98. The maximum absolute atomic E-state index is 13.4. The Kier molecular flexibility index (Phi) is 6.68. The molecule has 3 heteroatoms. The van der Waals surface area contributed by atoms with Gasteiger partial charge in [0.1, 0.15) is 0 Å². The number of rotatable bonds is 9. The molecule has 0 aromatic carbocycles. The molecule has 1 rings (SSSR count). The van der Waals surface area contributed by atoms with Crippen LogP contribution in [0.25, 0.3) is 0 Å². The van der Waals surface area contributed by atoms with Crippen LogP contribution in [-0.2, 0) is 0 Å². The minimum absolute atomic E-state index is 0.126. The van der Waals surface area contributed by atoms with E-state index in [0.717, 1.165) is 57.8 Å². The molecule has 0 atom stereocenters. The van der Waals surface area contributed by atoms with Gasteiger partial charge in [0, 0.05) is 0 Å². The predicted molar refractivity (Wildman–Crippen MR) is 74.1 cm³/mol. The molecule has 19 heavy (non-hydrogen) atoms. The monoisotopic (exact) mass is 278 g/mol. The Hall–Kier alpha value is -0.210. The zero-order valence-corrected chi connectivity index (χ0v) is 12.5. The Morgan fingerprint density at radius 2 is 1.37 bits per heavy atom. The SMILES string of the molecule is CCCCCC(CCCCC)C1(C(F)(F)F)CCC1. The molecule has 0 amide bonds. The first kappa shape index (κ1) is 16.8. The highest BCUT2D eigenvalue weighted by Crippen LogP contribution is 2.60. The average molecular weight is 278 g/mol. The summed E-state index contributed by atoms with van der Waals surface area (Å²) in [6.45, 7) is 4.21. The summed E-state index contributed by atoms with van der Waals surface area (Å²) in [7, 11) is 0. The van der Waals surface area contributed by atoms with Crippen molar-refractivity contribution in [1.29, 1.82) is 0 Å². The Labute approximate surface area is 116 Å². The third-order valence-corrected chi connectivity index (χ3v) is 4.90. The Balaban J connectivity index is 2.64. The maximum atomic E-state index is 13.4. The summed E-state index contributed by atoms with van der Waals surface area (Å²) < 4.78 is 40.3. The van der Waals surface area contributed by atoms with Crippen LogP contribution in [0.2, 0.25) is 0 Å². The molecule has 0 nitrogen and oxygen atoms in total. The van der Waals surface area contributed by atoms with Crippen LogP contribution < -0.4 is 0 Å². The van der Waals surface area contributed by atoms with E-state index in [2.05, 4.69) is 13.8 Å². The van der Waals surface area contributed by atoms with E-state index in [1.165, 1.54) is 0 Å². The summed E-state index contributed by atoms with van der Waals surface area (Å²) >= 11 is 0. The third kappa shape index (κ3) is 4.13. The molecule has 0 unspecified atom stereocenters. The van der Waals surface area contributed by atoms with Crippen molar-refractivity contribution in [3.8, 4) is 0 Å². The minimum atomic E-state index is -3.99. The van der Waals surface area contributed by atoms with E-state index >= 15 is 0 Å². The molecule has 0 aliphatic heterocycles. The van der Waals surface area contributed by atoms with E-state index in [1.54, 1.807) is 0 Å². The van der Waals surface area contributed by atoms with E-state index in [4.69, 9.17) is 0 Å². The van der Waals surface area contributed by atoms with E-state index < -0.39 is 11.6 Å².